The van der Waals surface area contributed by atoms with Crippen molar-refractivity contribution in [1.82, 2.24) is 15.2 Å². The van der Waals surface area contributed by atoms with Crippen LogP contribution in [0.1, 0.15) is 35.0 Å². The van der Waals surface area contributed by atoms with Crippen LogP contribution in [0.2, 0.25) is 0 Å². The molecule has 3 rings (SSSR count). The summed E-state index contributed by atoms with van der Waals surface area (Å²) in [7, 11) is 0. The van der Waals surface area contributed by atoms with Gasteiger partial charge in [-0.2, -0.15) is 0 Å². The lowest BCUT2D eigenvalue weighted by Crippen LogP contribution is -2.29. The standard InChI is InChI=1S/C15H21N3S2/c1-11(2)16-7-15-17-13(10-20-15)9-18-5-3-14-12(8-18)4-6-19-14/h4,6,10-11,16H,3,5,7-9H2,1-2H3. The van der Waals surface area contributed by atoms with E-state index in [1.807, 2.05) is 11.3 Å². The highest BCUT2D eigenvalue weighted by Gasteiger charge is 2.18. The van der Waals surface area contributed by atoms with Crippen molar-refractivity contribution in [1.29, 1.82) is 0 Å². The quantitative estimate of drug-likeness (QED) is 0.919. The zero-order chi connectivity index (χ0) is 13.9. The molecule has 3 heterocycles. The summed E-state index contributed by atoms with van der Waals surface area (Å²) >= 11 is 3.67. The number of hydrogen-bond acceptors (Lipinski definition) is 5. The van der Waals surface area contributed by atoms with Gasteiger partial charge in [-0.25, -0.2) is 4.98 Å². The van der Waals surface area contributed by atoms with Gasteiger partial charge in [0.2, 0.25) is 0 Å². The van der Waals surface area contributed by atoms with Crippen molar-refractivity contribution in [2.24, 2.45) is 0 Å². The molecule has 0 aromatic carbocycles. The summed E-state index contributed by atoms with van der Waals surface area (Å²) in [5.41, 5.74) is 2.73. The third kappa shape index (κ3) is 3.47. The highest BCUT2D eigenvalue weighted by molar-refractivity contribution is 7.10. The van der Waals surface area contributed by atoms with E-state index in [2.05, 4.69) is 40.9 Å². The average molecular weight is 307 g/mol. The van der Waals surface area contributed by atoms with Gasteiger partial charge in [0.25, 0.3) is 0 Å². The first-order chi connectivity index (χ1) is 9.70. The molecule has 2 aromatic heterocycles. The molecule has 0 aliphatic carbocycles. The molecule has 1 N–H and O–H groups in total. The van der Waals surface area contributed by atoms with Crippen molar-refractivity contribution in [3.8, 4) is 0 Å². The van der Waals surface area contributed by atoms with E-state index in [1.165, 1.54) is 22.7 Å². The van der Waals surface area contributed by atoms with Crippen LogP contribution in [0.15, 0.2) is 16.8 Å². The minimum atomic E-state index is 0.515. The van der Waals surface area contributed by atoms with Gasteiger partial charge < -0.3 is 5.32 Å². The predicted molar refractivity (Wildman–Crippen MR) is 86.2 cm³/mol. The first kappa shape index (κ1) is 14.2. The minimum absolute atomic E-state index is 0.515. The SMILES string of the molecule is CC(C)NCc1nc(CN2CCc3sccc3C2)cs1. The van der Waals surface area contributed by atoms with Crippen molar-refractivity contribution in [2.45, 2.75) is 45.9 Å². The highest BCUT2D eigenvalue weighted by Crippen LogP contribution is 2.25. The Labute approximate surface area is 128 Å². The third-order valence-corrected chi connectivity index (χ3v) is 5.45. The molecule has 0 saturated heterocycles. The highest BCUT2D eigenvalue weighted by atomic mass is 32.1. The molecular weight excluding hydrogens is 286 g/mol. The second-order valence-electron chi connectivity index (χ2n) is 5.60. The Morgan fingerprint density at radius 2 is 2.30 bits per heavy atom. The van der Waals surface area contributed by atoms with Gasteiger partial charge in [-0.1, -0.05) is 13.8 Å². The fourth-order valence-corrected chi connectivity index (χ4v) is 4.09. The lowest BCUT2D eigenvalue weighted by Gasteiger charge is -2.25. The molecular formula is C15H21N3S2. The largest absolute Gasteiger partial charge is 0.308 e. The Morgan fingerprint density at radius 3 is 3.15 bits per heavy atom. The van der Waals surface area contributed by atoms with E-state index in [9.17, 15) is 0 Å². The van der Waals surface area contributed by atoms with Crippen LogP contribution in [0.3, 0.4) is 0 Å². The topological polar surface area (TPSA) is 28.2 Å². The molecule has 0 unspecified atom stereocenters. The fourth-order valence-electron chi connectivity index (χ4n) is 2.47. The van der Waals surface area contributed by atoms with Crippen LogP contribution in [0.25, 0.3) is 0 Å². The van der Waals surface area contributed by atoms with E-state index in [-0.39, 0.29) is 0 Å². The maximum atomic E-state index is 4.74. The third-order valence-electron chi connectivity index (χ3n) is 3.53. The molecule has 0 atom stereocenters. The number of thiophene rings is 1. The van der Waals surface area contributed by atoms with Crippen LogP contribution in [-0.2, 0) is 26.1 Å². The van der Waals surface area contributed by atoms with Gasteiger partial charge in [0.15, 0.2) is 0 Å². The van der Waals surface area contributed by atoms with Gasteiger partial charge in [-0.3, -0.25) is 4.90 Å². The van der Waals surface area contributed by atoms with Gasteiger partial charge in [0, 0.05) is 42.5 Å². The summed E-state index contributed by atoms with van der Waals surface area (Å²) in [6, 6.07) is 2.78. The van der Waals surface area contributed by atoms with Gasteiger partial charge in [0.05, 0.1) is 5.69 Å². The van der Waals surface area contributed by atoms with Crippen LogP contribution in [0.4, 0.5) is 0 Å². The molecule has 0 amide bonds. The molecule has 0 radical (unpaired) electrons. The Balaban J connectivity index is 1.56. The van der Waals surface area contributed by atoms with Crippen LogP contribution < -0.4 is 5.32 Å². The lowest BCUT2D eigenvalue weighted by atomic mass is 10.1. The number of hydrogen-bond donors (Lipinski definition) is 1. The molecule has 20 heavy (non-hydrogen) atoms. The van der Waals surface area contributed by atoms with E-state index in [4.69, 9.17) is 4.98 Å². The van der Waals surface area contributed by atoms with Crippen molar-refractivity contribution in [2.75, 3.05) is 6.54 Å². The summed E-state index contributed by atoms with van der Waals surface area (Å²) in [5.74, 6) is 0. The summed E-state index contributed by atoms with van der Waals surface area (Å²) in [5, 5.41) is 9.04. The maximum Gasteiger partial charge on any atom is 0.107 e. The summed E-state index contributed by atoms with van der Waals surface area (Å²) in [6.45, 7) is 8.44. The molecule has 1 aliphatic rings. The van der Waals surface area contributed by atoms with Gasteiger partial charge in [-0.05, 0) is 23.4 Å². The maximum absolute atomic E-state index is 4.74. The molecule has 5 heteroatoms. The van der Waals surface area contributed by atoms with E-state index in [0.29, 0.717) is 6.04 Å². The molecule has 108 valence electrons. The number of thiazole rings is 1. The van der Waals surface area contributed by atoms with Gasteiger partial charge in [0.1, 0.15) is 5.01 Å². The van der Waals surface area contributed by atoms with Crippen molar-refractivity contribution < 1.29 is 0 Å². The van der Waals surface area contributed by atoms with Crippen LogP contribution >= 0.6 is 22.7 Å². The first-order valence-corrected chi connectivity index (χ1v) is 8.91. The number of aromatic nitrogens is 1. The van der Waals surface area contributed by atoms with Crippen LogP contribution in [0.5, 0.6) is 0 Å². The minimum Gasteiger partial charge on any atom is -0.308 e. The zero-order valence-corrected chi connectivity index (χ0v) is 13.7. The monoisotopic (exact) mass is 307 g/mol. The molecule has 0 spiro atoms. The second kappa shape index (κ2) is 6.35. The van der Waals surface area contributed by atoms with Crippen molar-refractivity contribution in [3.63, 3.8) is 0 Å². The fraction of sp³-hybridized carbons (Fsp3) is 0.533. The van der Waals surface area contributed by atoms with Crippen molar-refractivity contribution >= 4 is 22.7 Å². The van der Waals surface area contributed by atoms with Crippen LogP contribution in [-0.4, -0.2) is 22.5 Å². The molecule has 0 fully saturated rings. The van der Waals surface area contributed by atoms with Crippen LogP contribution in [0, 0.1) is 0 Å². The normalized spacial score (nSPS) is 15.8. The van der Waals surface area contributed by atoms with E-state index < -0.39 is 0 Å². The summed E-state index contributed by atoms with van der Waals surface area (Å²) in [6.07, 6.45) is 1.19. The van der Waals surface area contributed by atoms with E-state index >= 15 is 0 Å². The smallest absolute Gasteiger partial charge is 0.107 e. The van der Waals surface area contributed by atoms with Crippen molar-refractivity contribution in [3.05, 3.63) is 38.0 Å². The number of nitrogens with one attached hydrogen (secondary N) is 1. The Bertz CT molecular complexity index is 559. The first-order valence-electron chi connectivity index (χ1n) is 7.15. The number of rotatable bonds is 5. The summed E-state index contributed by atoms with van der Waals surface area (Å²) in [4.78, 5) is 8.81. The van der Waals surface area contributed by atoms with Gasteiger partial charge >= 0.3 is 0 Å². The molecule has 0 bridgehead atoms. The number of fused-ring (bicyclic) bond motifs is 1. The van der Waals surface area contributed by atoms with E-state index in [1.54, 1.807) is 16.2 Å². The molecule has 1 aliphatic heterocycles. The average Bonchev–Trinajstić information content (AvgIpc) is 3.04. The number of nitrogens with zero attached hydrogens (tertiary/aromatic N) is 2. The molecule has 3 nitrogen and oxygen atoms in total. The molecule has 0 saturated carbocycles. The second-order valence-corrected chi connectivity index (χ2v) is 7.54. The Kier molecular flexibility index (Phi) is 4.51. The Morgan fingerprint density at radius 1 is 1.40 bits per heavy atom. The molecule has 2 aromatic rings. The lowest BCUT2D eigenvalue weighted by molar-refractivity contribution is 0.245. The van der Waals surface area contributed by atoms with Gasteiger partial charge in [-0.15, -0.1) is 22.7 Å². The zero-order valence-electron chi connectivity index (χ0n) is 12.1. The Hall–Kier alpha value is -0.750. The summed E-state index contributed by atoms with van der Waals surface area (Å²) < 4.78 is 0. The van der Waals surface area contributed by atoms with E-state index in [0.717, 1.165) is 26.2 Å². The predicted octanol–water partition coefficient (Wildman–Crippen LogP) is 3.26.